The number of azo groups is 1. The van der Waals surface area contributed by atoms with E-state index in [0.717, 1.165) is 11.4 Å². The Kier molecular flexibility index (Phi) is 8.73. The van der Waals surface area contributed by atoms with Crippen LogP contribution in [0.15, 0.2) is 89.1 Å². The van der Waals surface area contributed by atoms with Gasteiger partial charge in [-0.2, -0.15) is 10.2 Å². The molecule has 0 unspecified atom stereocenters. The van der Waals surface area contributed by atoms with Gasteiger partial charge in [0, 0.05) is 0 Å². The lowest BCUT2D eigenvalue weighted by Gasteiger charge is -2.08. The Hall–Kier alpha value is -4.00. The summed E-state index contributed by atoms with van der Waals surface area (Å²) in [7, 11) is 3.95. The predicted molar refractivity (Wildman–Crippen MR) is 113 cm³/mol. The van der Waals surface area contributed by atoms with Crippen molar-refractivity contribution in [2.45, 2.75) is 0 Å². The Morgan fingerprint density at radius 3 is 1.60 bits per heavy atom. The molecule has 0 bridgehead atoms. The molecule has 0 aliphatic carbocycles. The average Bonchev–Trinajstić information content (AvgIpc) is 2.83. The van der Waals surface area contributed by atoms with Crippen LogP contribution in [0.2, 0.25) is 0 Å². The Bertz CT molecular complexity index is 947. The zero-order valence-electron chi connectivity index (χ0n) is 16.9. The number of methoxy groups -OCH3 is 3. The smallest absolute Gasteiger partial charge is 0.341 e. The van der Waals surface area contributed by atoms with Gasteiger partial charge in [-0.25, -0.2) is 9.59 Å². The normalized spacial score (nSPS) is 9.97. The second-order valence-electron chi connectivity index (χ2n) is 5.77. The predicted octanol–water partition coefficient (Wildman–Crippen LogP) is 5.37. The number of carbonyl (C=O) groups is 2. The van der Waals surface area contributed by atoms with E-state index in [9.17, 15) is 9.59 Å². The number of ether oxygens (including phenoxy) is 3. The van der Waals surface area contributed by atoms with Crippen molar-refractivity contribution in [3.05, 3.63) is 90.0 Å². The zero-order chi connectivity index (χ0) is 21.8. The molecule has 0 spiro atoms. The maximum Gasteiger partial charge on any atom is 0.341 e. The van der Waals surface area contributed by atoms with Crippen LogP contribution in [0.4, 0.5) is 11.4 Å². The number of rotatable bonds is 5. The Morgan fingerprint density at radius 2 is 1.17 bits per heavy atom. The number of hydrogen-bond acceptors (Lipinski definition) is 7. The van der Waals surface area contributed by atoms with E-state index in [4.69, 9.17) is 4.74 Å². The van der Waals surface area contributed by atoms with Crippen LogP contribution in [0.5, 0.6) is 5.75 Å². The van der Waals surface area contributed by atoms with Crippen LogP contribution in [0.3, 0.4) is 0 Å². The van der Waals surface area contributed by atoms with Crippen molar-refractivity contribution in [2.75, 3.05) is 21.3 Å². The highest BCUT2D eigenvalue weighted by Crippen LogP contribution is 2.21. The van der Waals surface area contributed by atoms with Crippen molar-refractivity contribution in [1.29, 1.82) is 0 Å². The van der Waals surface area contributed by atoms with Crippen molar-refractivity contribution in [2.24, 2.45) is 10.2 Å². The molecule has 3 aromatic carbocycles. The molecule has 0 N–H and O–H groups in total. The molecule has 0 amide bonds. The highest BCUT2D eigenvalue weighted by Gasteiger charge is 2.16. The summed E-state index contributed by atoms with van der Waals surface area (Å²) in [6.07, 6.45) is 0. The lowest BCUT2D eigenvalue weighted by Crippen LogP contribution is -2.08. The molecule has 0 aliphatic rings. The molecule has 0 atom stereocenters. The number of carbonyl (C=O) groups excluding carboxylic acids is 2. The first-order chi connectivity index (χ1) is 14.6. The lowest BCUT2D eigenvalue weighted by atomic mass is 10.1. The SMILES string of the molecule is COC(=O)c1ccc(OC)c(C(=O)OC)c1.c1ccc(N=Nc2ccccc2)cc1. The maximum absolute atomic E-state index is 11.4. The summed E-state index contributed by atoms with van der Waals surface area (Å²) >= 11 is 0. The first-order valence-electron chi connectivity index (χ1n) is 8.95. The van der Waals surface area contributed by atoms with E-state index in [1.165, 1.54) is 39.5 Å². The fourth-order valence-electron chi connectivity index (χ4n) is 2.33. The lowest BCUT2D eigenvalue weighted by molar-refractivity contribution is 0.0596. The minimum Gasteiger partial charge on any atom is -0.496 e. The Labute approximate surface area is 174 Å². The summed E-state index contributed by atoms with van der Waals surface area (Å²) in [5.74, 6) is -0.741. The number of hydrogen-bond donors (Lipinski definition) is 0. The molecule has 7 heteroatoms. The van der Waals surface area contributed by atoms with E-state index in [1.54, 1.807) is 0 Å². The fraction of sp³-hybridized carbons (Fsp3) is 0.130. The quantitative estimate of drug-likeness (QED) is 0.420. The van der Waals surface area contributed by atoms with Gasteiger partial charge < -0.3 is 14.2 Å². The number of nitrogens with zero attached hydrogens (tertiary/aromatic N) is 2. The summed E-state index contributed by atoms with van der Waals surface area (Å²) in [4.78, 5) is 22.7. The highest BCUT2D eigenvalue weighted by atomic mass is 16.5. The van der Waals surface area contributed by atoms with Gasteiger partial charge >= 0.3 is 11.9 Å². The van der Waals surface area contributed by atoms with E-state index >= 15 is 0 Å². The molecule has 30 heavy (non-hydrogen) atoms. The van der Waals surface area contributed by atoms with Crippen LogP contribution in [0.25, 0.3) is 0 Å². The maximum atomic E-state index is 11.4. The fourth-order valence-corrected chi connectivity index (χ4v) is 2.33. The van der Waals surface area contributed by atoms with E-state index in [0.29, 0.717) is 5.75 Å². The third-order valence-electron chi connectivity index (χ3n) is 3.82. The van der Waals surface area contributed by atoms with E-state index < -0.39 is 11.9 Å². The van der Waals surface area contributed by atoms with Crippen molar-refractivity contribution in [1.82, 2.24) is 0 Å². The van der Waals surface area contributed by atoms with Gasteiger partial charge in [0.1, 0.15) is 11.3 Å². The monoisotopic (exact) mass is 406 g/mol. The molecule has 0 aliphatic heterocycles. The molecule has 0 saturated carbocycles. The first kappa shape index (κ1) is 22.3. The van der Waals surface area contributed by atoms with Gasteiger partial charge in [-0.15, -0.1) is 0 Å². The summed E-state index contributed by atoms with van der Waals surface area (Å²) in [6, 6.07) is 23.8. The van der Waals surface area contributed by atoms with Gasteiger partial charge in [0.05, 0.1) is 38.3 Å². The average molecular weight is 406 g/mol. The largest absolute Gasteiger partial charge is 0.496 e. The topological polar surface area (TPSA) is 86.5 Å². The summed E-state index contributed by atoms with van der Waals surface area (Å²) < 4.78 is 14.1. The summed E-state index contributed by atoms with van der Waals surface area (Å²) in [6.45, 7) is 0. The van der Waals surface area contributed by atoms with Crippen molar-refractivity contribution < 1.29 is 23.8 Å². The van der Waals surface area contributed by atoms with Gasteiger partial charge in [0.2, 0.25) is 0 Å². The minimum absolute atomic E-state index is 0.188. The van der Waals surface area contributed by atoms with E-state index in [-0.39, 0.29) is 11.1 Å². The molecular weight excluding hydrogens is 384 g/mol. The molecule has 0 aromatic heterocycles. The number of benzene rings is 3. The van der Waals surface area contributed by atoms with Gasteiger partial charge in [-0.3, -0.25) is 0 Å². The van der Waals surface area contributed by atoms with Crippen molar-refractivity contribution in [3.8, 4) is 5.75 Å². The third-order valence-corrected chi connectivity index (χ3v) is 3.82. The molecule has 0 radical (unpaired) electrons. The third kappa shape index (κ3) is 6.56. The molecule has 0 fully saturated rings. The van der Waals surface area contributed by atoms with E-state index in [1.807, 2.05) is 60.7 Å². The van der Waals surface area contributed by atoms with Crippen LogP contribution < -0.4 is 4.74 Å². The standard InChI is InChI=1S/C12H10N2.C11H12O5/c1-3-7-11(8-4-1)13-14-12-9-5-2-6-10-12;1-14-9-5-4-7(10(12)15-2)6-8(9)11(13)16-3/h1-10H;4-6H,1-3H3. The highest BCUT2D eigenvalue weighted by molar-refractivity contribution is 5.97. The van der Waals surface area contributed by atoms with Gasteiger partial charge in [-0.1, -0.05) is 36.4 Å². The van der Waals surface area contributed by atoms with Crippen LogP contribution in [-0.2, 0) is 9.47 Å². The van der Waals surface area contributed by atoms with Crippen LogP contribution in [0, 0.1) is 0 Å². The molecule has 154 valence electrons. The number of esters is 2. The minimum atomic E-state index is -0.567. The molecule has 0 heterocycles. The second kappa shape index (κ2) is 11.8. The van der Waals surface area contributed by atoms with Crippen molar-refractivity contribution in [3.63, 3.8) is 0 Å². The van der Waals surface area contributed by atoms with Crippen LogP contribution in [-0.4, -0.2) is 33.3 Å². The Morgan fingerprint density at radius 1 is 0.667 bits per heavy atom. The van der Waals surface area contributed by atoms with Gasteiger partial charge in [0.15, 0.2) is 0 Å². The molecule has 3 aromatic rings. The summed E-state index contributed by atoms with van der Waals surface area (Å²) in [5, 5.41) is 8.20. The Balaban J connectivity index is 0.000000215. The first-order valence-corrected chi connectivity index (χ1v) is 8.95. The van der Waals surface area contributed by atoms with Crippen LogP contribution in [0.1, 0.15) is 20.7 Å². The van der Waals surface area contributed by atoms with Crippen molar-refractivity contribution >= 4 is 23.3 Å². The zero-order valence-corrected chi connectivity index (χ0v) is 16.9. The van der Waals surface area contributed by atoms with E-state index in [2.05, 4.69) is 19.7 Å². The molecule has 7 nitrogen and oxygen atoms in total. The molecular formula is C23H22N2O5. The van der Waals surface area contributed by atoms with Gasteiger partial charge in [0.25, 0.3) is 0 Å². The van der Waals surface area contributed by atoms with Gasteiger partial charge in [-0.05, 0) is 42.5 Å². The molecule has 0 saturated heterocycles. The van der Waals surface area contributed by atoms with Crippen LogP contribution >= 0.6 is 0 Å². The summed E-state index contributed by atoms with van der Waals surface area (Å²) in [5.41, 5.74) is 2.20. The molecule has 3 rings (SSSR count). The second-order valence-corrected chi connectivity index (χ2v) is 5.77.